The van der Waals surface area contributed by atoms with E-state index in [1.54, 1.807) is 0 Å². The fraction of sp³-hybridized carbons (Fsp3) is 0.615. The van der Waals surface area contributed by atoms with Crippen molar-refractivity contribution in [1.29, 1.82) is 0 Å². The maximum absolute atomic E-state index is 5.84. The van der Waals surface area contributed by atoms with Crippen molar-refractivity contribution in [2.45, 2.75) is 32.6 Å². The van der Waals surface area contributed by atoms with Gasteiger partial charge in [-0.15, -0.1) is 0 Å². The average molecular weight is 235 g/mol. The van der Waals surface area contributed by atoms with Gasteiger partial charge in [-0.05, 0) is 37.3 Å². The zero-order chi connectivity index (χ0) is 12.1. The van der Waals surface area contributed by atoms with Crippen LogP contribution in [0.25, 0.3) is 0 Å². The Morgan fingerprint density at radius 3 is 3.00 bits per heavy atom. The van der Waals surface area contributed by atoms with Gasteiger partial charge in [0.15, 0.2) is 0 Å². The summed E-state index contributed by atoms with van der Waals surface area (Å²) in [5, 5.41) is 3.27. The summed E-state index contributed by atoms with van der Waals surface area (Å²) in [5.74, 6) is 2.13. The van der Waals surface area contributed by atoms with Gasteiger partial charge in [-0.3, -0.25) is 0 Å². The van der Waals surface area contributed by atoms with Gasteiger partial charge in [0.1, 0.15) is 5.82 Å². The summed E-state index contributed by atoms with van der Waals surface area (Å²) in [6, 6.07) is 3.75. The molecule has 1 aromatic rings. The quantitative estimate of drug-likeness (QED) is 0.713. The summed E-state index contributed by atoms with van der Waals surface area (Å²) in [7, 11) is 0. The third-order valence-corrected chi connectivity index (χ3v) is 2.88. The Morgan fingerprint density at radius 1 is 1.47 bits per heavy atom. The van der Waals surface area contributed by atoms with E-state index in [4.69, 9.17) is 10.5 Å². The third-order valence-electron chi connectivity index (χ3n) is 2.88. The van der Waals surface area contributed by atoms with E-state index < -0.39 is 0 Å². The Kier molecular flexibility index (Phi) is 4.07. The van der Waals surface area contributed by atoms with E-state index in [0.717, 1.165) is 25.4 Å². The highest BCUT2D eigenvalue weighted by atomic mass is 16.5. The molecule has 0 amide bonds. The maximum atomic E-state index is 5.84. The van der Waals surface area contributed by atoms with Gasteiger partial charge in [0.05, 0.1) is 12.3 Å². The number of anilines is 2. The van der Waals surface area contributed by atoms with Crippen LogP contribution in [0.4, 0.5) is 11.5 Å². The minimum Gasteiger partial charge on any atom is -0.476 e. The molecule has 1 saturated carbocycles. The molecule has 0 unspecified atom stereocenters. The molecule has 0 aromatic carbocycles. The molecule has 0 bridgehead atoms. The molecule has 94 valence electrons. The molecule has 0 spiro atoms. The van der Waals surface area contributed by atoms with Crippen LogP contribution in [0.3, 0.4) is 0 Å². The van der Waals surface area contributed by atoms with Crippen LogP contribution in [-0.2, 0) is 0 Å². The van der Waals surface area contributed by atoms with Crippen LogP contribution in [0.5, 0.6) is 5.88 Å². The van der Waals surface area contributed by atoms with Crippen LogP contribution in [0.15, 0.2) is 12.1 Å². The molecular weight excluding hydrogens is 214 g/mol. The number of nitrogens with zero attached hydrogens (tertiary/aromatic N) is 1. The number of nitrogens with two attached hydrogens (primary N) is 1. The van der Waals surface area contributed by atoms with E-state index >= 15 is 0 Å². The highest BCUT2D eigenvalue weighted by molar-refractivity contribution is 5.53. The molecular formula is C13H21N3O. The molecule has 0 atom stereocenters. The van der Waals surface area contributed by atoms with E-state index in [9.17, 15) is 0 Å². The summed E-state index contributed by atoms with van der Waals surface area (Å²) in [4.78, 5) is 4.39. The Morgan fingerprint density at radius 2 is 2.29 bits per heavy atom. The topological polar surface area (TPSA) is 60.2 Å². The molecule has 17 heavy (non-hydrogen) atoms. The lowest BCUT2D eigenvalue weighted by atomic mass is 10.3. The number of nitrogen functional groups attached to an aromatic ring is 1. The molecule has 0 aliphatic heterocycles. The van der Waals surface area contributed by atoms with Gasteiger partial charge in [-0.1, -0.05) is 13.3 Å². The van der Waals surface area contributed by atoms with Gasteiger partial charge < -0.3 is 15.8 Å². The van der Waals surface area contributed by atoms with Gasteiger partial charge in [0, 0.05) is 6.54 Å². The zero-order valence-corrected chi connectivity index (χ0v) is 10.4. The second kappa shape index (κ2) is 5.75. The Hall–Kier alpha value is -1.45. The molecule has 1 fully saturated rings. The molecule has 2 rings (SSSR count). The van der Waals surface area contributed by atoms with Crippen LogP contribution in [0.2, 0.25) is 0 Å². The predicted octanol–water partition coefficient (Wildman–Crippen LogP) is 2.66. The summed E-state index contributed by atoms with van der Waals surface area (Å²) in [5.41, 5.74) is 6.45. The van der Waals surface area contributed by atoms with Crippen molar-refractivity contribution in [2.75, 3.05) is 24.2 Å². The van der Waals surface area contributed by atoms with Gasteiger partial charge in [0.2, 0.25) is 5.88 Å². The van der Waals surface area contributed by atoms with Crippen molar-refractivity contribution in [1.82, 2.24) is 4.98 Å². The molecule has 1 aliphatic carbocycles. The summed E-state index contributed by atoms with van der Waals surface area (Å²) in [6.07, 6.45) is 4.86. The Bertz CT molecular complexity index is 364. The van der Waals surface area contributed by atoms with E-state index in [2.05, 4.69) is 17.2 Å². The van der Waals surface area contributed by atoms with E-state index in [0.29, 0.717) is 17.5 Å². The first-order valence-corrected chi connectivity index (χ1v) is 6.42. The molecule has 4 nitrogen and oxygen atoms in total. The van der Waals surface area contributed by atoms with Gasteiger partial charge in [0.25, 0.3) is 0 Å². The van der Waals surface area contributed by atoms with Gasteiger partial charge in [-0.2, -0.15) is 4.98 Å². The summed E-state index contributed by atoms with van der Waals surface area (Å²) in [6.45, 7) is 3.85. The summed E-state index contributed by atoms with van der Waals surface area (Å²) >= 11 is 0. The standard InChI is InChI=1S/C13H21N3O/c1-2-3-8-15-12-7-6-11(14)13(16-12)17-9-10-4-5-10/h6-7,10H,2-5,8-9,14H2,1H3,(H,15,16). The van der Waals surface area contributed by atoms with Crippen molar-refractivity contribution < 1.29 is 4.74 Å². The minimum absolute atomic E-state index is 0.568. The third kappa shape index (κ3) is 3.80. The predicted molar refractivity (Wildman–Crippen MR) is 70.3 cm³/mol. The van der Waals surface area contributed by atoms with Crippen LogP contribution < -0.4 is 15.8 Å². The molecule has 4 heteroatoms. The number of nitrogens with one attached hydrogen (secondary N) is 1. The number of rotatable bonds is 7. The van der Waals surface area contributed by atoms with E-state index in [1.165, 1.54) is 19.3 Å². The highest BCUT2D eigenvalue weighted by Gasteiger charge is 2.22. The lowest BCUT2D eigenvalue weighted by molar-refractivity contribution is 0.290. The van der Waals surface area contributed by atoms with Crippen molar-refractivity contribution in [3.05, 3.63) is 12.1 Å². The SMILES string of the molecule is CCCCNc1ccc(N)c(OCC2CC2)n1. The summed E-state index contributed by atoms with van der Waals surface area (Å²) < 4.78 is 5.63. The smallest absolute Gasteiger partial charge is 0.239 e. The van der Waals surface area contributed by atoms with E-state index in [1.807, 2.05) is 12.1 Å². The fourth-order valence-electron chi connectivity index (χ4n) is 1.54. The molecule has 1 heterocycles. The molecule has 0 radical (unpaired) electrons. The maximum Gasteiger partial charge on any atom is 0.239 e. The van der Waals surface area contributed by atoms with Crippen LogP contribution in [-0.4, -0.2) is 18.1 Å². The molecule has 1 aliphatic rings. The first-order valence-electron chi connectivity index (χ1n) is 6.42. The largest absolute Gasteiger partial charge is 0.476 e. The Labute approximate surface area is 103 Å². The number of ether oxygens (including phenoxy) is 1. The molecule has 3 N–H and O–H groups in total. The lowest BCUT2D eigenvalue weighted by Crippen LogP contribution is -2.07. The number of aromatic nitrogens is 1. The Balaban J connectivity index is 1.90. The normalized spacial score (nSPS) is 14.6. The van der Waals surface area contributed by atoms with Crippen molar-refractivity contribution in [3.8, 4) is 5.88 Å². The van der Waals surface area contributed by atoms with Crippen LogP contribution >= 0.6 is 0 Å². The first-order chi connectivity index (χ1) is 8.29. The van der Waals surface area contributed by atoms with Gasteiger partial charge in [-0.25, -0.2) is 0 Å². The van der Waals surface area contributed by atoms with Crippen LogP contribution in [0, 0.1) is 5.92 Å². The average Bonchev–Trinajstić information content (AvgIpc) is 3.14. The monoisotopic (exact) mass is 235 g/mol. The minimum atomic E-state index is 0.568. The van der Waals surface area contributed by atoms with Crippen molar-refractivity contribution >= 4 is 11.5 Å². The lowest BCUT2D eigenvalue weighted by Gasteiger charge is -2.10. The molecule has 0 saturated heterocycles. The van der Waals surface area contributed by atoms with Crippen molar-refractivity contribution in [3.63, 3.8) is 0 Å². The second-order valence-corrected chi connectivity index (χ2v) is 4.63. The number of pyridine rings is 1. The van der Waals surface area contributed by atoms with E-state index in [-0.39, 0.29) is 0 Å². The fourth-order valence-corrected chi connectivity index (χ4v) is 1.54. The second-order valence-electron chi connectivity index (χ2n) is 4.63. The highest BCUT2D eigenvalue weighted by Crippen LogP contribution is 2.30. The van der Waals surface area contributed by atoms with Gasteiger partial charge >= 0.3 is 0 Å². The molecule has 1 aromatic heterocycles. The number of hydrogen-bond donors (Lipinski definition) is 2. The number of hydrogen-bond acceptors (Lipinski definition) is 4. The van der Waals surface area contributed by atoms with Crippen LogP contribution in [0.1, 0.15) is 32.6 Å². The number of unbranched alkanes of at least 4 members (excludes halogenated alkanes) is 1. The van der Waals surface area contributed by atoms with Crippen molar-refractivity contribution in [2.24, 2.45) is 5.92 Å². The zero-order valence-electron chi connectivity index (χ0n) is 10.4. The first kappa shape index (κ1) is 12.0.